The van der Waals surface area contributed by atoms with Crippen LogP contribution in [0.2, 0.25) is 0 Å². The second-order valence-electron chi connectivity index (χ2n) is 6.43. The van der Waals surface area contributed by atoms with Gasteiger partial charge in [-0.1, -0.05) is 6.07 Å². The van der Waals surface area contributed by atoms with Crippen LogP contribution >= 0.6 is 11.3 Å². The zero-order valence-electron chi connectivity index (χ0n) is 13.3. The van der Waals surface area contributed by atoms with Crippen LogP contribution < -0.4 is 10.2 Å². The number of pyridine rings is 1. The van der Waals surface area contributed by atoms with Crippen molar-refractivity contribution in [2.75, 3.05) is 16.8 Å². The van der Waals surface area contributed by atoms with Crippen molar-refractivity contribution in [2.45, 2.75) is 25.7 Å². The maximum Gasteiger partial charge on any atom is 0.230 e. The summed E-state index contributed by atoms with van der Waals surface area (Å²) in [7, 11) is 0. The highest BCUT2D eigenvalue weighted by Crippen LogP contribution is 2.43. The number of nitrogens with zero attached hydrogens (tertiary/aromatic N) is 2. The number of rotatable bonds is 5. The molecule has 1 aliphatic carbocycles. The van der Waals surface area contributed by atoms with Crippen molar-refractivity contribution in [3.8, 4) is 0 Å². The molecule has 1 aliphatic heterocycles. The number of hydrogen-bond donors (Lipinski definition) is 1. The number of aromatic nitrogens is 1. The summed E-state index contributed by atoms with van der Waals surface area (Å²) in [5, 5.41) is 4.78. The Morgan fingerprint density at radius 1 is 1.33 bits per heavy atom. The van der Waals surface area contributed by atoms with E-state index in [0.717, 1.165) is 23.5 Å². The lowest BCUT2D eigenvalue weighted by Gasteiger charge is -2.17. The van der Waals surface area contributed by atoms with Gasteiger partial charge < -0.3 is 10.2 Å². The van der Waals surface area contributed by atoms with Gasteiger partial charge in [-0.05, 0) is 42.7 Å². The van der Waals surface area contributed by atoms with E-state index in [4.69, 9.17) is 0 Å². The molecule has 2 amide bonds. The van der Waals surface area contributed by atoms with Crippen molar-refractivity contribution in [3.63, 3.8) is 0 Å². The molecule has 1 N–H and O–H groups in total. The molecule has 3 heterocycles. The number of nitrogens with one attached hydrogen (secondary N) is 1. The molecule has 1 saturated carbocycles. The van der Waals surface area contributed by atoms with Crippen LogP contribution in [0.5, 0.6) is 0 Å². The third-order valence-electron chi connectivity index (χ3n) is 4.68. The molecule has 1 saturated heterocycles. The van der Waals surface area contributed by atoms with E-state index in [9.17, 15) is 9.59 Å². The maximum absolute atomic E-state index is 12.6. The van der Waals surface area contributed by atoms with Gasteiger partial charge in [-0.2, -0.15) is 0 Å². The average molecular weight is 341 g/mol. The fourth-order valence-corrected chi connectivity index (χ4v) is 4.01. The van der Waals surface area contributed by atoms with Gasteiger partial charge in [0, 0.05) is 35.3 Å². The second-order valence-corrected chi connectivity index (χ2v) is 7.46. The van der Waals surface area contributed by atoms with Gasteiger partial charge >= 0.3 is 0 Å². The zero-order chi connectivity index (χ0) is 16.5. The summed E-state index contributed by atoms with van der Waals surface area (Å²) in [5.74, 6) is 1.41. The molecule has 4 rings (SSSR count). The van der Waals surface area contributed by atoms with Gasteiger partial charge in [-0.3, -0.25) is 9.59 Å². The third-order valence-corrected chi connectivity index (χ3v) is 5.55. The smallest absolute Gasteiger partial charge is 0.230 e. The van der Waals surface area contributed by atoms with Gasteiger partial charge in [0.1, 0.15) is 5.82 Å². The van der Waals surface area contributed by atoms with E-state index >= 15 is 0 Å². The summed E-state index contributed by atoms with van der Waals surface area (Å²) < 4.78 is 0. The van der Waals surface area contributed by atoms with Crippen molar-refractivity contribution in [1.82, 2.24) is 4.98 Å². The Labute approximate surface area is 144 Å². The third kappa shape index (κ3) is 3.19. The van der Waals surface area contributed by atoms with Gasteiger partial charge in [0.2, 0.25) is 11.8 Å². The number of hydrogen-bond acceptors (Lipinski definition) is 4. The first-order valence-electron chi connectivity index (χ1n) is 8.30. The largest absolute Gasteiger partial charge is 0.312 e. The summed E-state index contributed by atoms with van der Waals surface area (Å²) in [6.07, 6.45) is 5.30. The first-order chi connectivity index (χ1) is 11.7. The van der Waals surface area contributed by atoms with E-state index in [1.165, 1.54) is 12.8 Å². The molecule has 124 valence electrons. The molecule has 2 aromatic rings. The van der Waals surface area contributed by atoms with Crippen molar-refractivity contribution in [1.29, 1.82) is 0 Å². The normalized spacial score (nSPS) is 20.4. The van der Waals surface area contributed by atoms with Gasteiger partial charge in [-0.15, -0.1) is 11.3 Å². The van der Waals surface area contributed by atoms with Gasteiger partial charge in [0.05, 0.1) is 6.42 Å². The molecule has 1 unspecified atom stereocenters. The number of amides is 2. The lowest BCUT2D eigenvalue weighted by atomic mass is 10.0. The van der Waals surface area contributed by atoms with Crippen LogP contribution in [0.25, 0.3) is 0 Å². The first-order valence-corrected chi connectivity index (χ1v) is 9.18. The predicted octanol–water partition coefficient (Wildman–Crippen LogP) is 3.09. The van der Waals surface area contributed by atoms with Crippen LogP contribution in [0.1, 0.15) is 24.1 Å². The lowest BCUT2D eigenvalue weighted by molar-refractivity contribution is -0.121. The van der Waals surface area contributed by atoms with Gasteiger partial charge in [-0.25, -0.2) is 4.98 Å². The molecule has 6 heteroatoms. The van der Waals surface area contributed by atoms with Crippen LogP contribution in [0.3, 0.4) is 0 Å². The summed E-state index contributed by atoms with van der Waals surface area (Å²) in [4.78, 5) is 31.7. The van der Waals surface area contributed by atoms with E-state index in [0.29, 0.717) is 18.2 Å². The molecule has 0 bridgehead atoms. The highest BCUT2D eigenvalue weighted by molar-refractivity contribution is 7.10. The Balaban J connectivity index is 1.43. The Kier molecular flexibility index (Phi) is 4.06. The standard InChI is InChI=1S/C18H19N3O2S/c22-17(11-14-2-1-9-24-14)20-16-10-13(5-7-19-16)21-8-6-15(18(21)23)12-3-4-12/h1-2,5,7,9-10,12,15H,3-4,6,8,11H2,(H,19,20,22). The molecule has 2 fully saturated rings. The number of carbonyl (C=O) groups is 2. The summed E-state index contributed by atoms with van der Waals surface area (Å²) in [6.45, 7) is 0.757. The van der Waals surface area contributed by atoms with Crippen molar-refractivity contribution in [2.24, 2.45) is 11.8 Å². The summed E-state index contributed by atoms with van der Waals surface area (Å²) in [6, 6.07) is 7.50. The van der Waals surface area contributed by atoms with Crippen LogP contribution in [0.4, 0.5) is 11.5 Å². The van der Waals surface area contributed by atoms with E-state index in [1.807, 2.05) is 28.5 Å². The Bertz CT molecular complexity index is 755. The van der Waals surface area contributed by atoms with E-state index in [2.05, 4.69) is 10.3 Å². The number of thiophene rings is 1. The molecule has 1 atom stereocenters. The average Bonchev–Trinajstić information content (AvgIpc) is 3.14. The molecule has 0 spiro atoms. The topological polar surface area (TPSA) is 62.3 Å². The molecule has 5 nitrogen and oxygen atoms in total. The van der Waals surface area contributed by atoms with E-state index in [-0.39, 0.29) is 17.7 Å². The van der Waals surface area contributed by atoms with Gasteiger partial charge in [0.15, 0.2) is 0 Å². The van der Waals surface area contributed by atoms with E-state index < -0.39 is 0 Å². The molecule has 2 aromatic heterocycles. The predicted molar refractivity (Wildman–Crippen MR) is 94.1 cm³/mol. The van der Waals surface area contributed by atoms with Crippen molar-refractivity contribution >= 4 is 34.7 Å². The maximum atomic E-state index is 12.6. The fraction of sp³-hybridized carbons (Fsp3) is 0.389. The summed E-state index contributed by atoms with van der Waals surface area (Å²) in [5.41, 5.74) is 0.824. The zero-order valence-corrected chi connectivity index (χ0v) is 14.1. The SMILES string of the molecule is O=C(Cc1cccs1)Nc1cc(N2CCC(C3CC3)C2=O)ccn1. The quantitative estimate of drug-likeness (QED) is 0.909. The highest BCUT2D eigenvalue weighted by atomic mass is 32.1. The minimum atomic E-state index is -0.0919. The van der Waals surface area contributed by atoms with Crippen molar-refractivity contribution in [3.05, 3.63) is 40.7 Å². The minimum Gasteiger partial charge on any atom is -0.312 e. The van der Waals surface area contributed by atoms with Crippen molar-refractivity contribution < 1.29 is 9.59 Å². The monoisotopic (exact) mass is 341 g/mol. The Morgan fingerprint density at radius 2 is 2.21 bits per heavy atom. The van der Waals surface area contributed by atoms with Crippen LogP contribution in [0.15, 0.2) is 35.8 Å². The lowest BCUT2D eigenvalue weighted by Crippen LogP contribution is -2.27. The van der Waals surface area contributed by atoms with E-state index in [1.54, 1.807) is 23.6 Å². The first kappa shape index (κ1) is 15.3. The van der Waals surface area contributed by atoms with Crippen LogP contribution in [-0.2, 0) is 16.0 Å². The Hall–Kier alpha value is -2.21. The van der Waals surface area contributed by atoms with Crippen LogP contribution in [0, 0.1) is 11.8 Å². The molecule has 0 aromatic carbocycles. The molecular formula is C18H19N3O2S. The Morgan fingerprint density at radius 3 is 2.96 bits per heavy atom. The molecular weight excluding hydrogens is 322 g/mol. The highest BCUT2D eigenvalue weighted by Gasteiger charge is 2.42. The fourth-order valence-electron chi connectivity index (χ4n) is 3.31. The number of carbonyl (C=O) groups excluding carboxylic acids is 2. The summed E-state index contributed by atoms with van der Waals surface area (Å²) >= 11 is 1.56. The molecule has 24 heavy (non-hydrogen) atoms. The molecule has 2 aliphatic rings. The molecule has 0 radical (unpaired) electrons. The second kappa shape index (κ2) is 6.36. The van der Waals surface area contributed by atoms with Crippen LogP contribution in [-0.4, -0.2) is 23.3 Å². The van der Waals surface area contributed by atoms with Gasteiger partial charge in [0.25, 0.3) is 0 Å². The minimum absolute atomic E-state index is 0.0919. The number of anilines is 2.